The summed E-state index contributed by atoms with van der Waals surface area (Å²) in [6, 6.07) is 7.11. The van der Waals surface area contributed by atoms with Crippen LogP contribution >= 0.6 is 24.0 Å². The van der Waals surface area contributed by atoms with Crippen LogP contribution in [0.25, 0.3) is 0 Å². The normalized spacial score (nSPS) is 19.1. The first-order chi connectivity index (χ1) is 12.2. The molecule has 0 aromatic heterocycles. The Morgan fingerprint density at radius 3 is 2.50 bits per heavy atom. The average molecular weight is 474 g/mol. The molecule has 0 radical (unpaired) electrons. The number of rotatable bonds is 7. The van der Waals surface area contributed by atoms with E-state index in [0.717, 1.165) is 69.6 Å². The highest BCUT2D eigenvalue weighted by Gasteiger charge is 2.22. The van der Waals surface area contributed by atoms with E-state index in [1.807, 2.05) is 12.1 Å². The molecule has 1 aliphatic heterocycles. The van der Waals surface area contributed by atoms with Gasteiger partial charge in [0.15, 0.2) is 5.96 Å². The first-order valence-electron chi connectivity index (χ1n) is 9.72. The third-order valence-electron chi connectivity index (χ3n) is 5.17. The van der Waals surface area contributed by atoms with Crippen LogP contribution in [0.5, 0.6) is 0 Å². The molecule has 1 saturated heterocycles. The highest BCUT2D eigenvalue weighted by molar-refractivity contribution is 14.0. The monoisotopic (exact) mass is 474 g/mol. The van der Waals surface area contributed by atoms with Gasteiger partial charge in [-0.05, 0) is 63.6 Å². The molecule has 0 spiro atoms. The van der Waals surface area contributed by atoms with Gasteiger partial charge in [0.05, 0.1) is 0 Å². The largest absolute Gasteiger partial charge is 0.357 e. The van der Waals surface area contributed by atoms with Crippen LogP contribution in [-0.2, 0) is 6.54 Å². The summed E-state index contributed by atoms with van der Waals surface area (Å²) in [6.45, 7) is 7.73. The molecule has 146 valence electrons. The maximum Gasteiger partial charge on any atom is 0.191 e. The van der Waals surface area contributed by atoms with Gasteiger partial charge in [0.25, 0.3) is 0 Å². The topological polar surface area (TPSA) is 39.7 Å². The molecule has 4 nitrogen and oxygen atoms in total. The van der Waals surface area contributed by atoms with Crippen molar-refractivity contribution in [1.82, 2.24) is 15.5 Å². The third kappa shape index (κ3) is 7.02. The van der Waals surface area contributed by atoms with E-state index < -0.39 is 0 Å². The molecule has 1 aromatic rings. The lowest BCUT2D eigenvalue weighted by Crippen LogP contribution is -2.42. The van der Waals surface area contributed by atoms with Crippen molar-refractivity contribution < 1.29 is 4.39 Å². The van der Waals surface area contributed by atoms with E-state index in [1.165, 1.54) is 12.8 Å². The van der Waals surface area contributed by atoms with E-state index in [9.17, 15) is 4.39 Å². The number of nitrogens with one attached hydrogen (secondary N) is 2. The van der Waals surface area contributed by atoms with Crippen LogP contribution in [0.3, 0.4) is 0 Å². The average Bonchev–Trinajstić information content (AvgIpc) is 3.45. The number of piperidine rings is 1. The van der Waals surface area contributed by atoms with Gasteiger partial charge in [0.1, 0.15) is 5.82 Å². The summed E-state index contributed by atoms with van der Waals surface area (Å²) in [5, 5.41) is 6.85. The summed E-state index contributed by atoms with van der Waals surface area (Å²) in [4.78, 5) is 7.05. The number of likely N-dealkylation sites (tertiary alicyclic amines) is 1. The summed E-state index contributed by atoms with van der Waals surface area (Å²) in [5.41, 5.74) is 0.806. The molecule has 26 heavy (non-hydrogen) atoms. The fraction of sp³-hybridized carbons (Fsp3) is 0.650. The molecular weight excluding hydrogens is 442 g/mol. The SMILES string of the molecule is CCNC(=NCC1CC1)NCC1CCN(Cc2ccccc2F)CC1.I. The van der Waals surface area contributed by atoms with Crippen molar-refractivity contribution in [2.24, 2.45) is 16.8 Å². The second kappa shape index (κ2) is 11.1. The van der Waals surface area contributed by atoms with Crippen LogP contribution in [0.2, 0.25) is 0 Å². The van der Waals surface area contributed by atoms with Crippen molar-refractivity contribution in [1.29, 1.82) is 0 Å². The van der Waals surface area contributed by atoms with Crippen molar-refractivity contribution in [3.63, 3.8) is 0 Å². The zero-order chi connectivity index (χ0) is 17.5. The molecule has 1 aliphatic carbocycles. The highest BCUT2D eigenvalue weighted by Crippen LogP contribution is 2.28. The minimum Gasteiger partial charge on any atom is -0.357 e. The van der Waals surface area contributed by atoms with E-state index in [-0.39, 0.29) is 29.8 Å². The van der Waals surface area contributed by atoms with Crippen LogP contribution in [-0.4, -0.2) is 43.6 Å². The van der Waals surface area contributed by atoms with Gasteiger partial charge in [0.2, 0.25) is 0 Å². The van der Waals surface area contributed by atoms with E-state index in [1.54, 1.807) is 12.1 Å². The Bertz CT molecular complexity index is 569. The van der Waals surface area contributed by atoms with Gasteiger partial charge < -0.3 is 10.6 Å². The zero-order valence-corrected chi connectivity index (χ0v) is 18.0. The van der Waals surface area contributed by atoms with Gasteiger partial charge >= 0.3 is 0 Å². The van der Waals surface area contributed by atoms with Crippen LogP contribution < -0.4 is 10.6 Å². The van der Waals surface area contributed by atoms with E-state index in [4.69, 9.17) is 0 Å². The number of nitrogens with zero attached hydrogens (tertiary/aromatic N) is 2. The number of guanidine groups is 1. The summed E-state index contributed by atoms with van der Waals surface area (Å²) in [5.74, 6) is 2.36. The van der Waals surface area contributed by atoms with Gasteiger partial charge in [-0.1, -0.05) is 18.2 Å². The lowest BCUT2D eigenvalue weighted by atomic mass is 9.96. The van der Waals surface area contributed by atoms with Crippen molar-refractivity contribution in [3.8, 4) is 0 Å². The summed E-state index contributed by atoms with van der Waals surface area (Å²) < 4.78 is 13.8. The minimum atomic E-state index is -0.0894. The number of hydrogen-bond donors (Lipinski definition) is 2. The molecule has 0 amide bonds. The second-order valence-corrected chi connectivity index (χ2v) is 7.35. The molecule has 1 aromatic carbocycles. The van der Waals surface area contributed by atoms with Gasteiger partial charge in [-0.3, -0.25) is 9.89 Å². The smallest absolute Gasteiger partial charge is 0.191 e. The van der Waals surface area contributed by atoms with Crippen LogP contribution in [0.1, 0.15) is 38.2 Å². The summed E-state index contributed by atoms with van der Waals surface area (Å²) in [7, 11) is 0. The maximum absolute atomic E-state index is 13.8. The van der Waals surface area contributed by atoms with E-state index in [2.05, 4.69) is 27.4 Å². The number of halogens is 2. The molecule has 0 unspecified atom stereocenters. The van der Waals surface area contributed by atoms with E-state index in [0.29, 0.717) is 5.92 Å². The first kappa shape index (κ1) is 21.4. The van der Waals surface area contributed by atoms with Gasteiger partial charge in [-0.25, -0.2) is 4.39 Å². The van der Waals surface area contributed by atoms with Crippen molar-refractivity contribution in [2.75, 3.05) is 32.7 Å². The summed E-state index contributed by atoms with van der Waals surface area (Å²) >= 11 is 0. The quantitative estimate of drug-likeness (QED) is 0.360. The molecular formula is C20H32FIN4. The number of benzene rings is 1. The number of aliphatic imine (C=N–C) groups is 1. The minimum absolute atomic E-state index is 0. The summed E-state index contributed by atoms with van der Waals surface area (Å²) in [6.07, 6.45) is 4.99. The predicted molar refractivity (Wildman–Crippen MR) is 117 cm³/mol. The number of hydrogen-bond acceptors (Lipinski definition) is 2. The predicted octanol–water partition coefficient (Wildman–Crippen LogP) is 3.62. The van der Waals surface area contributed by atoms with E-state index >= 15 is 0 Å². The Balaban J connectivity index is 0.00000243. The molecule has 0 bridgehead atoms. The highest BCUT2D eigenvalue weighted by atomic mass is 127. The second-order valence-electron chi connectivity index (χ2n) is 7.35. The molecule has 1 heterocycles. The van der Waals surface area contributed by atoms with Crippen LogP contribution in [0.15, 0.2) is 29.3 Å². The Hall–Kier alpha value is -0.890. The molecule has 2 aliphatic rings. The Morgan fingerprint density at radius 1 is 1.12 bits per heavy atom. The Kier molecular flexibility index (Phi) is 9.11. The lowest BCUT2D eigenvalue weighted by Gasteiger charge is -2.32. The van der Waals surface area contributed by atoms with Crippen molar-refractivity contribution >= 4 is 29.9 Å². The standard InChI is InChI=1S/C20H31FN4.HI/c1-2-22-20(23-13-16-7-8-16)24-14-17-9-11-25(12-10-17)15-18-5-3-4-6-19(18)21;/h3-6,16-17H,2,7-15H2,1H3,(H2,22,23,24);1H. The Morgan fingerprint density at radius 2 is 1.85 bits per heavy atom. The Labute approximate surface area is 174 Å². The fourth-order valence-electron chi connectivity index (χ4n) is 3.32. The molecule has 0 atom stereocenters. The lowest BCUT2D eigenvalue weighted by molar-refractivity contribution is 0.176. The third-order valence-corrected chi connectivity index (χ3v) is 5.17. The van der Waals surface area contributed by atoms with Gasteiger partial charge in [-0.2, -0.15) is 0 Å². The zero-order valence-electron chi connectivity index (χ0n) is 15.7. The van der Waals surface area contributed by atoms with Crippen molar-refractivity contribution in [2.45, 2.75) is 39.2 Å². The molecule has 3 rings (SSSR count). The van der Waals surface area contributed by atoms with Crippen molar-refractivity contribution in [3.05, 3.63) is 35.6 Å². The maximum atomic E-state index is 13.8. The molecule has 6 heteroatoms. The first-order valence-corrected chi connectivity index (χ1v) is 9.72. The molecule has 1 saturated carbocycles. The molecule has 2 fully saturated rings. The molecule has 2 N–H and O–H groups in total. The van der Waals surface area contributed by atoms with Gasteiger partial charge in [0, 0.05) is 31.7 Å². The fourth-order valence-corrected chi connectivity index (χ4v) is 3.32. The van der Waals surface area contributed by atoms with Gasteiger partial charge in [-0.15, -0.1) is 24.0 Å². The van der Waals surface area contributed by atoms with Crippen LogP contribution in [0.4, 0.5) is 4.39 Å². The van der Waals surface area contributed by atoms with Crippen LogP contribution in [0, 0.1) is 17.7 Å².